The first-order chi connectivity index (χ1) is 19.7. The monoisotopic (exact) mass is 533 g/mol. The van der Waals surface area contributed by atoms with Gasteiger partial charge in [-0.1, -0.05) is 60.7 Å². The minimum Gasteiger partial charge on any atom is -0.333 e. The predicted octanol–water partition coefficient (Wildman–Crippen LogP) is 8.52. The average Bonchev–Trinajstić information content (AvgIpc) is 3.72. The van der Waals surface area contributed by atoms with E-state index >= 15 is 0 Å². The second-order valence-electron chi connectivity index (χ2n) is 9.89. The normalized spacial score (nSPS) is 11.6. The molecular weight excluding hydrogens is 510 g/mol. The lowest BCUT2D eigenvalue weighted by atomic mass is 10.1. The molecule has 190 valence electrons. The van der Waals surface area contributed by atoms with Gasteiger partial charge in [0.05, 0.1) is 26.9 Å². The Morgan fingerprint density at radius 1 is 0.650 bits per heavy atom. The molecule has 5 nitrogen and oxygen atoms in total. The molecule has 0 amide bonds. The molecule has 0 bridgehead atoms. The van der Waals surface area contributed by atoms with Gasteiger partial charge in [0.15, 0.2) is 5.82 Å². The number of para-hydroxylation sites is 2. The van der Waals surface area contributed by atoms with Gasteiger partial charge in [-0.05, 0) is 48.5 Å². The van der Waals surface area contributed by atoms with Gasteiger partial charge in [0, 0.05) is 47.0 Å². The third-order valence-electron chi connectivity index (χ3n) is 7.41. The zero-order chi connectivity index (χ0) is 26.6. The number of fused-ring (bicyclic) bond motifs is 4. The maximum atomic E-state index is 4.97. The summed E-state index contributed by atoms with van der Waals surface area (Å²) in [5.74, 6) is 0.850. The van der Waals surface area contributed by atoms with Crippen LogP contribution in [0.15, 0.2) is 122 Å². The number of thiazole rings is 1. The van der Waals surface area contributed by atoms with Crippen LogP contribution in [0, 0.1) is 0 Å². The molecule has 6 heteroatoms. The van der Waals surface area contributed by atoms with Crippen LogP contribution in [0.1, 0.15) is 0 Å². The Balaban J connectivity index is 1.31. The van der Waals surface area contributed by atoms with Crippen LogP contribution in [-0.4, -0.2) is 24.1 Å². The van der Waals surface area contributed by atoms with E-state index in [-0.39, 0.29) is 0 Å². The first kappa shape index (κ1) is 22.9. The zero-order valence-corrected chi connectivity index (χ0v) is 22.5. The average molecular weight is 534 g/mol. The van der Waals surface area contributed by atoms with Gasteiger partial charge in [0.25, 0.3) is 0 Å². The molecule has 8 rings (SSSR count). The molecule has 4 heterocycles. The number of pyridine rings is 1. The fourth-order valence-corrected chi connectivity index (χ4v) is 6.48. The van der Waals surface area contributed by atoms with Crippen LogP contribution < -0.4 is 0 Å². The molecule has 0 saturated heterocycles. The van der Waals surface area contributed by atoms with Crippen molar-refractivity contribution in [1.82, 2.24) is 24.1 Å². The number of nitrogens with zero attached hydrogens (tertiary/aromatic N) is 5. The number of hydrogen-bond donors (Lipinski definition) is 0. The summed E-state index contributed by atoms with van der Waals surface area (Å²) in [6.07, 6.45) is 3.74. The highest BCUT2D eigenvalue weighted by atomic mass is 32.1. The van der Waals surface area contributed by atoms with Gasteiger partial charge in [-0.2, -0.15) is 0 Å². The van der Waals surface area contributed by atoms with E-state index in [2.05, 4.69) is 101 Å². The van der Waals surface area contributed by atoms with Gasteiger partial charge in [0.2, 0.25) is 0 Å². The Kier molecular flexibility index (Phi) is 5.15. The quantitative estimate of drug-likeness (QED) is 0.228. The standard InChI is InChI=1S/C34H23N5S/c1-38-19-18-35-33(38)29-13-7-12-27(36-29)22-8-6-9-24(20-22)39-30-14-4-2-10-25(30)26-17-16-23(21-31(26)39)34-37-28-11-3-5-15-32(28)40-34/h2-21H,1H3. The van der Waals surface area contributed by atoms with E-state index in [0.29, 0.717) is 0 Å². The van der Waals surface area contributed by atoms with Gasteiger partial charge in [0.1, 0.15) is 10.7 Å². The molecule has 0 aliphatic rings. The van der Waals surface area contributed by atoms with Gasteiger partial charge in [-0.3, -0.25) is 0 Å². The molecule has 0 aliphatic heterocycles. The maximum Gasteiger partial charge on any atom is 0.158 e. The van der Waals surface area contributed by atoms with Crippen LogP contribution in [0.25, 0.3) is 71.1 Å². The van der Waals surface area contributed by atoms with E-state index in [4.69, 9.17) is 9.97 Å². The summed E-state index contributed by atoms with van der Waals surface area (Å²) < 4.78 is 5.54. The van der Waals surface area contributed by atoms with Crippen LogP contribution in [0.3, 0.4) is 0 Å². The summed E-state index contributed by atoms with van der Waals surface area (Å²) in [5, 5.41) is 3.48. The van der Waals surface area contributed by atoms with Crippen molar-refractivity contribution < 1.29 is 0 Å². The molecule has 0 unspecified atom stereocenters. The third-order valence-corrected chi connectivity index (χ3v) is 8.50. The lowest BCUT2D eigenvalue weighted by Gasteiger charge is -2.11. The second kappa shape index (κ2) is 9.00. The van der Waals surface area contributed by atoms with Crippen molar-refractivity contribution in [3.8, 4) is 39.0 Å². The summed E-state index contributed by atoms with van der Waals surface area (Å²) in [6, 6.07) is 38.4. The Labute approximate surface area is 234 Å². The van der Waals surface area contributed by atoms with Gasteiger partial charge < -0.3 is 9.13 Å². The van der Waals surface area contributed by atoms with E-state index in [0.717, 1.165) is 50.1 Å². The number of aryl methyl sites for hydroxylation is 1. The van der Waals surface area contributed by atoms with Gasteiger partial charge in [-0.25, -0.2) is 15.0 Å². The lowest BCUT2D eigenvalue weighted by molar-refractivity contribution is 0.918. The molecule has 0 radical (unpaired) electrons. The second-order valence-corrected chi connectivity index (χ2v) is 10.9. The molecule has 0 aliphatic carbocycles. The topological polar surface area (TPSA) is 48.5 Å². The fraction of sp³-hybridized carbons (Fsp3) is 0.0294. The number of imidazole rings is 1. The number of hydrogen-bond acceptors (Lipinski definition) is 4. The highest BCUT2D eigenvalue weighted by Crippen LogP contribution is 2.37. The Hall–Kier alpha value is -5.07. The Morgan fingerprint density at radius 3 is 2.38 bits per heavy atom. The largest absolute Gasteiger partial charge is 0.333 e. The van der Waals surface area contributed by atoms with Crippen LogP contribution in [0.2, 0.25) is 0 Å². The highest BCUT2D eigenvalue weighted by molar-refractivity contribution is 7.21. The first-order valence-electron chi connectivity index (χ1n) is 13.2. The first-order valence-corrected chi connectivity index (χ1v) is 14.0. The van der Waals surface area contributed by atoms with Gasteiger partial charge in [-0.15, -0.1) is 11.3 Å². The van der Waals surface area contributed by atoms with Crippen molar-refractivity contribution >= 4 is 43.4 Å². The molecule has 0 spiro atoms. The van der Waals surface area contributed by atoms with E-state index in [9.17, 15) is 0 Å². The summed E-state index contributed by atoms with van der Waals surface area (Å²) in [4.78, 5) is 14.4. The maximum absolute atomic E-state index is 4.97. The summed E-state index contributed by atoms with van der Waals surface area (Å²) in [6.45, 7) is 0. The molecule has 40 heavy (non-hydrogen) atoms. The molecule has 8 aromatic rings. The minimum absolute atomic E-state index is 0.850. The zero-order valence-electron chi connectivity index (χ0n) is 21.7. The molecule has 4 aromatic heterocycles. The van der Waals surface area contributed by atoms with E-state index in [1.54, 1.807) is 17.5 Å². The van der Waals surface area contributed by atoms with Crippen LogP contribution >= 0.6 is 11.3 Å². The molecule has 0 atom stereocenters. The van der Waals surface area contributed by atoms with Crippen LogP contribution in [0.4, 0.5) is 0 Å². The molecule has 4 aromatic carbocycles. The Morgan fingerprint density at radius 2 is 1.48 bits per heavy atom. The van der Waals surface area contributed by atoms with Crippen molar-refractivity contribution in [2.45, 2.75) is 0 Å². The summed E-state index contributed by atoms with van der Waals surface area (Å²) in [5.41, 5.74) is 8.41. The van der Waals surface area contributed by atoms with Crippen LogP contribution in [-0.2, 0) is 7.05 Å². The number of benzene rings is 4. The van der Waals surface area contributed by atoms with Crippen molar-refractivity contribution in [2.75, 3.05) is 0 Å². The molecule has 0 fully saturated rings. The SMILES string of the molecule is Cn1ccnc1-c1cccc(-c2cccc(-n3c4ccccc4c4ccc(-c5nc6ccccc6s5)cc43)c2)n1. The van der Waals surface area contributed by atoms with Crippen molar-refractivity contribution in [1.29, 1.82) is 0 Å². The smallest absolute Gasteiger partial charge is 0.158 e. The molecule has 0 saturated carbocycles. The Bertz CT molecular complexity index is 2170. The highest BCUT2D eigenvalue weighted by Gasteiger charge is 2.15. The van der Waals surface area contributed by atoms with Crippen molar-refractivity contribution in [3.05, 3.63) is 122 Å². The minimum atomic E-state index is 0.850. The van der Waals surface area contributed by atoms with E-state index in [1.807, 2.05) is 36.0 Å². The fourth-order valence-electron chi connectivity index (χ4n) is 5.51. The molecular formula is C34H23N5S. The third kappa shape index (κ3) is 3.65. The summed E-state index contributed by atoms with van der Waals surface area (Å²) in [7, 11) is 1.99. The lowest BCUT2D eigenvalue weighted by Crippen LogP contribution is -1.97. The van der Waals surface area contributed by atoms with E-state index in [1.165, 1.54) is 21.0 Å². The van der Waals surface area contributed by atoms with Crippen molar-refractivity contribution in [3.63, 3.8) is 0 Å². The van der Waals surface area contributed by atoms with Crippen LogP contribution in [0.5, 0.6) is 0 Å². The van der Waals surface area contributed by atoms with Crippen molar-refractivity contribution in [2.24, 2.45) is 7.05 Å². The predicted molar refractivity (Wildman–Crippen MR) is 165 cm³/mol. The van der Waals surface area contributed by atoms with E-state index < -0.39 is 0 Å². The summed E-state index contributed by atoms with van der Waals surface area (Å²) >= 11 is 1.73. The number of aromatic nitrogens is 5. The van der Waals surface area contributed by atoms with Gasteiger partial charge >= 0.3 is 0 Å². The number of rotatable bonds is 4. The molecule has 0 N–H and O–H groups in total.